The van der Waals surface area contributed by atoms with E-state index < -0.39 is 0 Å². The molecule has 8 nitrogen and oxygen atoms in total. The molecule has 0 aliphatic rings. The van der Waals surface area contributed by atoms with Gasteiger partial charge in [-0.15, -0.1) is 10.2 Å². The molecule has 0 bridgehead atoms. The molecule has 0 N–H and O–H groups in total. The first kappa shape index (κ1) is 16.5. The van der Waals surface area contributed by atoms with E-state index in [9.17, 15) is 0 Å². The van der Waals surface area contributed by atoms with Crippen LogP contribution in [0.3, 0.4) is 0 Å². The van der Waals surface area contributed by atoms with Gasteiger partial charge in [0.05, 0.1) is 29.6 Å². The summed E-state index contributed by atoms with van der Waals surface area (Å²) in [7, 11) is 0. The molecule has 0 atom stereocenters. The van der Waals surface area contributed by atoms with Crippen molar-refractivity contribution in [3.05, 3.63) is 78.0 Å². The lowest BCUT2D eigenvalue weighted by atomic mass is 10.2. The largest absolute Gasteiger partial charge is 0.276 e. The molecule has 0 aliphatic carbocycles. The lowest BCUT2D eigenvalue weighted by Gasteiger charge is -2.10. The Bertz CT molecular complexity index is 1240. The van der Waals surface area contributed by atoms with Gasteiger partial charge in [0.25, 0.3) is 0 Å². The average molecular weight is 389 g/mol. The number of aromatic nitrogens is 8. The van der Waals surface area contributed by atoms with Crippen LogP contribution >= 0.6 is 11.6 Å². The van der Waals surface area contributed by atoms with Crippen LogP contribution in [0.4, 0.5) is 0 Å². The van der Waals surface area contributed by atoms with Crippen molar-refractivity contribution in [1.82, 2.24) is 39.7 Å². The van der Waals surface area contributed by atoms with E-state index in [1.54, 1.807) is 23.4 Å². The number of fused-ring (bicyclic) bond motifs is 1. The minimum Gasteiger partial charge on any atom is -0.276 e. The molecule has 0 fully saturated rings. The van der Waals surface area contributed by atoms with Crippen LogP contribution in [0.5, 0.6) is 0 Å². The van der Waals surface area contributed by atoms with Crippen LogP contribution in [0.15, 0.2) is 67.1 Å². The van der Waals surface area contributed by atoms with E-state index in [0.29, 0.717) is 28.9 Å². The van der Waals surface area contributed by atoms with Crippen LogP contribution in [0, 0.1) is 0 Å². The van der Waals surface area contributed by atoms with Gasteiger partial charge in [-0.3, -0.25) is 9.55 Å². The van der Waals surface area contributed by atoms with Crippen molar-refractivity contribution >= 4 is 22.6 Å². The predicted molar refractivity (Wildman–Crippen MR) is 104 cm³/mol. The molecular weight excluding hydrogens is 376 g/mol. The molecule has 28 heavy (non-hydrogen) atoms. The number of halogens is 1. The molecule has 0 saturated carbocycles. The number of nitrogens with zero attached hydrogens (tertiary/aromatic N) is 8. The highest BCUT2D eigenvalue weighted by molar-refractivity contribution is 6.30. The first-order valence-corrected chi connectivity index (χ1v) is 8.92. The smallest absolute Gasteiger partial charge is 0.188 e. The van der Waals surface area contributed by atoms with E-state index in [1.165, 1.54) is 0 Å². The van der Waals surface area contributed by atoms with Crippen molar-refractivity contribution in [2.75, 3.05) is 0 Å². The van der Waals surface area contributed by atoms with Gasteiger partial charge in [-0.2, -0.15) is 15.0 Å². The van der Waals surface area contributed by atoms with Crippen LogP contribution < -0.4 is 0 Å². The first-order valence-electron chi connectivity index (χ1n) is 8.54. The fraction of sp³-hybridized carbons (Fsp3) is 0.0526. The zero-order valence-corrected chi connectivity index (χ0v) is 15.3. The van der Waals surface area contributed by atoms with E-state index in [4.69, 9.17) is 16.6 Å². The van der Waals surface area contributed by atoms with Gasteiger partial charge in [0.1, 0.15) is 12.2 Å². The van der Waals surface area contributed by atoms with Crippen molar-refractivity contribution in [3.8, 4) is 17.2 Å². The van der Waals surface area contributed by atoms with Crippen LogP contribution in [0.1, 0.15) is 5.82 Å². The first-order chi connectivity index (χ1) is 13.8. The highest BCUT2D eigenvalue weighted by Gasteiger charge is 2.18. The van der Waals surface area contributed by atoms with Crippen molar-refractivity contribution in [2.45, 2.75) is 6.54 Å². The summed E-state index contributed by atoms with van der Waals surface area (Å²) in [6.07, 6.45) is 4.95. The second kappa shape index (κ2) is 6.82. The van der Waals surface area contributed by atoms with Crippen LogP contribution in [0.2, 0.25) is 5.02 Å². The summed E-state index contributed by atoms with van der Waals surface area (Å²) < 4.78 is 1.92. The Labute approximate surface area is 164 Å². The van der Waals surface area contributed by atoms with E-state index in [0.717, 1.165) is 16.7 Å². The fourth-order valence-corrected chi connectivity index (χ4v) is 3.09. The highest BCUT2D eigenvalue weighted by atomic mass is 35.5. The molecule has 2 aromatic carbocycles. The standard InChI is InChI=1S/C19H13ClN8/c20-13-5-7-14(8-6-13)28-18(12-27-22-9-10-23-27)25-26-19(28)17-11-21-15-3-1-2-4-16(15)24-17/h1-11H,12H2. The molecular formula is C19H13ClN8. The van der Waals surface area contributed by atoms with E-state index in [1.807, 2.05) is 53.1 Å². The molecule has 5 aromatic rings. The lowest BCUT2D eigenvalue weighted by Crippen LogP contribution is -2.11. The summed E-state index contributed by atoms with van der Waals surface area (Å²) in [5, 5.41) is 17.7. The van der Waals surface area contributed by atoms with E-state index >= 15 is 0 Å². The topological polar surface area (TPSA) is 87.2 Å². The highest BCUT2D eigenvalue weighted by Crippen LogP contribution is 2.24. The number of hydrogen-bond acceptors (Lipinski definition) is 6. The molecule has 0 unspecified atom stereocenters. The maximum Gasteiger partial charge on any atom is 0.188 e. The van der Waals surface area contributed by atoms with Gasteiger partial charge in [-0.1, -0.05) is 23.7 Å². The zero-order valence-electron chi connectivity index (χ0n) is 14.5. The summed E-state index contributed by atoms with van der Waals surface area (Å²) in [6.45, 7) is 0.365. The molecule has 136 valence electrons. The Hall–Kier alpha value is -3.65. The van der Waals surface area contributed by atoms with Crippen molar-refractivity contribution in [3.63, 3.8) is 0 Å². The third kappa shape index (κ3) is 2.99. The second-order valence-electron chi connectivity index (χ2n) is 6.06. The Morgan fingerprint density at radius 3 is 2.39 bits per heavy atom. The molecule has 0 aliphatic heterocycles. The molecule has 9 heteroatoms. The number of hydrogen-bond donors (Lipinski definition) is 0. The summed E-state index contributed by atoms with van der Waals surface area (Å²) in [5.74, 6) is 1.26. The molecule has 0 amide bonds. The van der Waals surface area contributed by atoms with E-state index in [2.05, 4.69) is 25.4 Å². The maximum absolute atomic E-state index is 6.06. The summed E-state index contributed by atoms with van der Waals surface area (Å²) >= 11 is 6.06. The van der Waals surface area contributed by atoms with Gasteiger partial charge in [0.2, 0.25) is 0 Å². The Morgan fingerprint density at radius 2 is 1.61 bits per heavy atom. The number of para-hydroxylation sites is 2. The van der Waals surface area contributed by atoms with Gasteiger partial charge >= 0.3 is 0 Å². The summed E-state index contributed by atoms with van der Waals surface area (Å²) in [4.78, 5) is 10.8. The minimum atomic E-state index is 0.365. The molecule has 3 aromatic heterocycles. The van der Waals surface area contributed by atoms with Crippen LogP contribution in [0.25, 0.3) is 28.2 Å². The molecule has 3 heterocycles. The number of benzene rings is 2. The average Bonchev–Trinajstić information content (AvgIpc) is 3.39. The van der Waals surface area contributed by atoms with Crippen molar-refractivity contribution in [1.29, 1.82) is 0 Å². The summed E-state index contributed by atoms with van der Waals surface area (Å²) in [6, 6.07) is 15.2. The Balaban J connectivity index is 1.68. The molecule has 0 radical (unpaired) electrons. The number of rotatable bonds is 4. The zero-order chi connectivity index (χ0) is 18.9. The monoisotopic (exact) mass is 388 g/mol. The lowest BCUT2D eigenvalue weighted by molar-refractivity contribution is 0.564. The molecule has 5 rings (SSSR count). The Kier molecular flexibility index (Phi) is 4.02. The van der Waals surface area contributed by atoms with Crippen LogP contribution in [-0.4, -0.2) is 39.7 Å². The normalized spacial score (nSPS) is 11.2. The third-order valence-electron chi connectivity index (χ3n) is 4.24. The van der Waals surface area contributed by atoms with Crippen LogP contribution in [-0.2, 0) is 6.54 Å². The second-order valence-corrected chi connectivity index (χ2v) is 6.49. The van der Waals surface area contributed by atoms with E-state index in [-0.39, 0.29) is 0 Å². The third-order valence-corrected chi connectivity index (χ3v) is 4.49. The Morgan fingerprint density at radius 1 is 0.857 bits per heavy atom. The summed E-state index contributed by atoms with van der Waals surface area (Å²) in [5.41, 5.74) is 3.10. The fourth-order valence-electron chi connectivity index (χ4n) is 2.96. The van der Waals surface area contributed by atoms with Gasteiger partial charge in [0, 0.05) is 10.7 Å². The van der Waals surface area contributed by atoms with Gasteiger partial charge in [0.15, 0.2) is 11.6 Å². The van der Waals surface area contributed by atoms with Gasteiger partial charge < -0.3 is 0 Å². The van der Waals surface area contributed by atoms with Crippen molar-refractivity contribution < 1.29 is 0 Å². The van der Waals surface area contributed by atoms with Gasteiger partial charge in [-0.05, 0) is 36.4 Å². The maximum atomic E-state index is 6.06. The van der Waals surface area contributed by atoms with Gasteiger partial charge in [-0.25, -0.2) is 4.98 Å². The predicted octanol–water partition coefficient (Wildman–Crippen LogP) is 3.17. The van der Waals surface area contributed by atoms with Crippen molar-refractivity contribution in [2.24, 2.45) is 0 Å². The minimum absolute atomic E-state index is 0.365. The molecule has 0 saturated heterocycles. The quantitative estimate of drug-likeness (QED) is 0.470. The SMILES string of the molecule is Clc1ccc(-n2c(Cn3nccn3)nnc2-c2cnc3ccccc3n2)cc1. The molecule has 0 spiro atoms.